The first-order valence-electron chi connectivity index (χ1n) is 8.34. The SMILES string of the molecule is Cc1ccccc1[C@@H](NC(=O)OC(C)(C)C)C(=[N+]=[N-])C(=O)OC(C)(C)C. The zero-order chi connectivity index (χ0) is 20.1. The van der Waals surface area contributed by atoms with Gasteiger partial charge in [-0.1, -0.05) is 24.3 Å². The van der Waals surface area contributed by atoms with Gasteiger partial charge in [0.1, 0.15) is 11.2 Å². The summed E-state index contributed by atoms with van der Waals surface area (Å²) in [6.45, 7) is 12.1. The number of benzene rings is 1. The molecule has 0 saturated heterocycles. The monoisotopic (exact) mass is 361 g/mol. The maximum absolute atomic E-state index is 12.5. The molecule has 142 valence electrons. The van der Waals surface area contributed by atoms with E-state index >= 15 is 0 Å². The number of amides is 1. The molecule has 1 amide bonds. The Balaban J connectivity index is 3.27. The highest BCUT2D eigenvalue weighted by Gasteiger charge is 2.39. The van der Waals surface area contributed by atoms with Crippen molar-refractivity contribution in [3.63, 3.8) is 0 Å². The Bertz CT molecular complexity index is 723. The van der Waals surface area contributed by atoms with Gasteiger partial charge in [0.05, 0.1) is 0 Å². The van der Waals surface area contributed by atoms with Gasteiger partial charge in [-0.25, -0.2) is 9.59 Å². The van der Waals surface area contributed by atoms with E-state index in [1.165, 1.54) is 0 Å². The molecule has 0 radical (unpaired) electrons. The Labute approximate surface area is 154 Å². The number of nitrogens with one attached hydrogen (secondary N) is 1. The molecule has 0 aromatic heterocycles. The van der Waals surface area contributed by atoms with Crippen LogP contribution in [0.2, 0.25) is 0 Å². The van der Waals surface area contributed by atoms with Crippen molar-refractivity contribution in [2.24, 2.45) is 0 Å². The first-order valence-corrected chi connectivity index (χ1v) is 8.34. The zero-order valence-corrected chi connectivity index (χ0v) is 16.4. The van der Waals surface area contributed by atoms with Crippen molar-refractivity contribution in [2.45, 2.75) is 65.7 Å². The maximum Gasteiger partial charge on any atom is 0.420 e. The molecule has 0 heterocycles. The second-order valence-electron chi connectivity index (χ2n) is 7.92. The third-order valence-corrected chi connectivity index (χ3v) is 3.15. The molecule has 0 bridgehead atoms. The van der Waals surface area contributed by atoms with Crippen molar-refractivity contribution in [3.8, 4) is 0 Å². The van der Waals surface area contributed by atoms with Crippen molar-refractivity contribution >= 4 is 17.8 Å². The van der Waals surface area contributed by atoms with E-state index in [-0.39, 0.29) is 5.71 Å². The predicted octanol–water partition coefficient (Wildman–Crippen LogP) is 3.57. The van der Waals surface area contributed by atoms with Gasteiger partial charge in [-0.05, 0) is 59.6 Å². The summed E-state index contributed by atoms with van der Waals surface area (Å²) in [7, 11) is 0. The quantitative estimate of drug-likeness (QED) is 0.383. The molecule has 0 saturated carbocycles. The summed E-state index contributed by atoms with van der Waals surface area (Å²) in [5, 5.41) is 2.60. The van der Waals surface area contributed by atoms with E-state index < -0.39 is 29.3 Å². The van der Waals surface area contributed by atoms with Crippen molar-refractivity contribution in [2.75, 3.05) is 0 Å². The van der Waals surface area contributed by atoms with Crippen LogP contribution in [0, 0.1) is 6.92 Å². The first-order chi connectivity index (χ1) is 11.8. The summed E-state index contributed by atoms with van der Waals surface area (Å²) in [6, 6.07) is 6.12. The van der Waals surface area contributed by atoms with Crippen LogP contribution in [0.25, 0.3) is 5.53 Å². The predicted molar refractivity (Wildman–Crippen MR) is 97.8 cm³/mol. The van der Waals surface area contributed by atoms with Gasteiger partial charge in [-0.3, -0.25) is 0 Å². The van der Waals surface area contributed by atoms with Crippen LogP contribution < -0.4 is 5.32 Å². The van der Waals surface area contributed by atoms with Crippen molar-refractivity contribution in [3.05, 3.63) is 40.9 Å². The summed E-state index contributed by atoms with van der Waals surface area (Å²) in [4.78, 5) is 27.8. The Morgan fingerprint density at radius 3 is 2.04 bits per heavy atom. The topological polar surface area (TPSA) is 101 Å². The first kappa shape index (κ1) is 21.4. The second kappa shape index (κ2) is 8.15. The number of hydrogen-bond donors (Lipinski definition) is 1. The molecule has 0 aliphatic carbocycles. The molecule has 0 aliphatic heterocycles. The molecular weight excluding hydrogens is 334 g/mol. The van der Waals surface area contributed by atoms with Gasteiger partial charge in [0.2, 0.25) is 0 Å². The molecule has 1 rings (SSSR count). The molecule has 0 spiro atoms. The number of esters is 1. The van der Waals surface area contributed by atoms with E-state index in [1.54, 1.807) is 53.7 Å². The number of rotatable bonds is 4. The van der Waals surface area contributed by atoms with Crippen LogP contribution in [0.4, 0.5) is 4.79 Å². The van der Waals surface area contributed by atoms with Crippen LogP contribution in [0.1, 0.15) is 58.7 Å². The van der Waals surface area contributed by atoms with E-state index in [4.69, 9.17) is 9.47 Å². The third kappa shape index (κ3) is 6.69. The molecule has 0 unspecified atom stereocenters. The fourth-order valence-corrected chi connectivity index (χ4v) is 2.18. The highest BCUT2D eigenvalue weighted by molar-refractivity contribution is 6.36. The molecule has 0 aliphatic rings. The fourth-order valence-electron chi connectivity index (χ4n) is 2.18. The lowest BCUT2D eigenvalue weighted by Gasteiger charge is -2.23. The summed E-state index contributed by atoms with van der Waals surface area (Å²) in [5.74, 6) is -0.829. The second-order valence-corrected chi connectivity index (χ2v) is 7.92. The molecule has 0 fully saturated rings. The molecule has 7 heteroatoms. The molecule has 1 aromatic carbocycles. The number of aryl methyl sites for hydroxylation is 1. The molecule has 7 nitrogen and oxygen atoms in total. The lowest BCUT2D eigenvalue weighted by molar-refractivity contribution is -0.151. The van der Waals surface area contributed by atoms with E-state index in [2.05, 4.69) is 10.1 Å². The molecule has 26 heavy (non-hydrogen) atoms. The Kier molecular flexibility index (Phi) is 6.70. The van der Waals surface area contributed by atoms with Gasteiger partial charge in [0.25, 0.3) is 0 Å². The molecule has 1 atom stereocenters. The van der Waals surface area contributed by atoms with Crippen LogP contribution >= 0.6 is 0 Å². The normalized spacial score (nSPS) is 12.6. The van der Waals surface area contributed by atoms with Gasteiger partial charge in [-0.2, -0.15) is 4.79 Å². The van der Waals surface area contributed by atoms with Crippen LogP contribution in [0.15, 0.2) is 24.3 Å². The van der Waals surface area contributed by atoms with E-state index in [1.807, 2.05) is 19.1 Å². The maximum atomic E-state index is 12.5. The standard InChI is InChI=1S/C19H27N3O4/c1-12-10-8-9-11-13(12)14(21-17(24)26-19(5,6)7)15(22-20)16(23)25-18(2,3)4/h8-11,14H,1-7H3,(H,21,24)/t14-/m1/s1. The summed E-state index contributed by atoms with van der Waals surface area (Å²) < 4.78 is 10.6. The zero-order valence-electron chi connectivity index (χ0n) is 16.4. The average molecular weight is 361 g/mol. The summed E-state index contributed by atoms with van der Waals surface area (Å²) in [5.41, 5.74) is 9.02. The molecular formula is C19H27N3O4. The minimum Gasteiger partial charge on any atom is -0.451 e. The fraction of sp³-hybridized carbons (Fsp3) is 0.526. The summed E-state index contributed by atoms with van der Waals surface area (Å²) >= 11 is 0. The van der Waals surface area contributed by atoms with E-state index in [0.717, 1.165) is 5.56 Å². The Morgan fingerprint density at radius 1 is 1.04 bits per heavy atom. The van der Waals surface area contributed by atoms with Gasteiger partial charge in [0, 0.05) is 0 Å². The van der Waals surface area contributed by atoms with E-state index in [9.17, 15) is 15.1 Å². The largest absolute Gasteiger partial charge is 0.451 e. The number of carbonyl (C=O) groups excluding carboxylic acids is 2. The number of nitrogens with zero attached hydrogens (tertiary/aromatic N) is 2. The Morgan fingerprint density at radius 2 is 1.58 bits per heavy atom. The van der Waals surface area contributed by atoms with Crippen LogP contribution in [0.3, 0.4) is 0 Å². The number of ether oxygens (including phenoxy) is 2. The van der Waals surface area contributed by atoms with Crippen molar-refractivity contribution in [1.29, 1.82) is 0 Å². The molecule has 1 N–H and O–H groups in total. The lowest BCUT2D eigenvalue weighted by Crippen LogP contribution is -2.42. The average Bonchev–Trinajstić information content (AvgIpc) is 2.43. The minimum absolute atomic E-state index is 0.333. The van der Waals surface area contributed by atoms with Gasteiger partial charge < -0.3 is 20.3 Å². The van der Waals surface area contributed by atoms with E-state index in [0.29, 0.717) is 5.56 Å². The lowest BCUT2D eigenvalue weighted by atomic mass is 9.97. The minimum atomic E-state index is -1.02. The van der Waals surface area contributed by atoms with Gasteiger partial charge in [-0.15, -0.1) is 0 Å². The number of hydrogen-bond acceptors (Lipinski definition) is 4. The number of alkyl carbamates (subject to hydrolysis) is 1. The third-order valence-electron chi connectivity index (χ3n) is 3.15. The van der Waals surface area contributed by atoms with Crippen LogP contribution in [-0.4, -0.2) is 33.8 Å². The summed E-state index contributed by atoms with van der Waals surface area (Å²) in [6.07, 6.45) is -0.740. The highest BCUT2D eigenvalue weighted by Crippen LogP contribution is 2.21. The smallest absolute Gasteiger partial charge is 0.420 e. The van der Waals surface area contributed by atoms with Gasteiger partial charge >= 0.3 is 17.8 Å². The van der Waals surface area contributed by atoms with Crippen LogP contribution in [-0.2, 0) is 14.3 Å². The number of carbonyl (C=O) groups is 2. The van der Waals surface area contributed by atoms with Crippen LogP contribution in [0.5, 0.6) is 0 Å². The van der Waals surface area contributed by atoms with Crippen molar-refractivity contribution in [1.82, 2.24) is 5.32 Å². The molecule has 1 aromatic rings. The Hall–Kier alpha value is -2.66. The van der Waals surface area contributed by atoms with Gasteiger partial charge in [0.15, 0.2) is 6.04 Å². The van der Waals surface area contributed by atoms with Crippen molar-refractivity contribution < 1.29 is 23.9 Å². The highest BCUT2D eigenvalue weighted by atomic mass is 16.6.